The third-order valence-corrected chi connectivity index (χ3v) is 5.27. The van der Waals surface area contributed by atoms with Gasteiger partial charge in [-0.05, 0) is 18.8 Å². The zero-order chi connectivity index (χ0) is 13.4. The molecule has 1 unspecified atom stereocenters. The smallest absolute Gasteiger partial charge is 0.770 e. The standard InChI is InChI=1S/C11H23N2O3PS.Na.H2O/c12-11(9-18-17(14,15)16)13-8-10-6-4-2-1-3-5-7-10;;/h10H,1-9H2,(H2,12,13)(H2,14,15,16);;1H2/q;+1;/p-1. The Labute approximate surface area is 146 Å². The monoisotopic (exact) mass is 334 g/mol. The number of nitrogens with two attached hydrogens (primary N) is 1. The molecule has 0 aromatic rings. The molecule has 1 saturated carbocycles. The molecule has 0 aromatic heterocycles. The molecule has 114 valence electrons. The van der Waals surface area contributed by atoms with Gasteiger partial charge in [0.15, 0.2) is 6.80 Å². The van der Waals surface area contributed by atoms with Gasteiger partial charge in [-0.1, -0.05) is 43.5 Å². The average molecular weight is 334 g/mol. The zero-order valence-corrected chi connectivity index (χ0v) is 15.8. The molecule has 1 atom stereocenters. The number of rotatable bonds is 5. The summed E-state index contributed by atoms with van der Waals surface area (Å²) < 4.78 is 10.6. The topological polar surface area (TPSA) is 130 Å². The van der Waals surface area contributed by atoms with E-state index in [2.05, 4.69) is 4.99 Å². The molecule has 20 heavy (non-hydrogen) atoms. The first-order chi connectivity index (χ1) is 8.47. The van der Waals surface area contributed by atoms with Crippen molar-refractivity contribution >= 4 is 24.0 Å². The fraction of sp³-hybridized carbons (Fsp3) is 0.909. The minimum absolute atomic E-state index is 0. The molecule has 1 aliphatic carbocycles. The molecular formula is C11H24N2NaO4PS. The van der Waals surface area contributed by atoms with Gasteiger partial charge in [-0.15, -0.1) is 0 Å². The minimum Gasteiger partial charge on any atom is -0.770 e. The maximum Gasteiger partial charge on any atom is 1.00 e. The number of nitrogens with zero attached hydrogens (tertiary/aromatic N) is 1. The second kappa shape index (κ2) is 12.5. The summed E-state index contributed by atoms with van der Waals surface area (Å²) >= 11 is 0.435. The summed E-state index contributed by atoms with van der Waals surface area (Å²) in [6.07, 6.45) is 8.81. The Bertz CT molecular complexity index is 320. The summed E-state index contributed by atoms with van der Waals surface area (Å²) in [5.41, 5.74) is 5.63. The molecule has 6 nitrogen and oxygen atoms in total. The molecule has 0 saturated heterocycles. The second-order valence-electron chi connectivity index (χ2n) is 4.79. The van der Waals surface area contributed by atoms with Gasteiger partial charge >= 0.3 is 29.6 Å². The van der Waals surface area contributed by atoms with Crippen LogP contribution in [0.4, 0.5) is 0 Å². The van der Waals surface area contributed by atoms with Crippen molar-refractivity contribution in [3.63, 3.8) is 0 Å². The van der Waals surface area contributed by atoms with Crippen LogP contribution in [0.5, 0.6) is 0 Å². The molecule has 0 amide bonds. The number of aliphatic imine (C=N–C) groups is 1. The average Bonchev–Trinajstić information content (AvgIpc) is 2.24. The SMILES string of the molecule is NC(CSP(=O)([O-])O)=NCC1CCCCCCC1.O.[Na+]. The molecule has 0 bridgehead atoms. The van der Waals surface area contributed by atoms with Crippen molar-refractivity contribution in [3.05, 3.63) is 0 Å². The Morgan fingerprint density at radius 2 is 1.80 bits per heavy atom. The van der Waals surface area contributed by atoms with Crippen molar-refractivity contribution < 1.29 is 49.4 Å². The molecule has 0 spiro atoms. The van der Waals surface area contributed by atoms with Crippen LogP contribution in [0.3, 0.4) is 0 Å². The fourth-order valence-corrected chi connectivity index (χ4v) is 3.44. The van der Waals surface area contributed by atoms with Gasteiger partial charge in [0, 0.05) is 6.54 Å². The molecular weight excluding hydrogens is 310 g/mol. The second-order valence-corrected chi connectivity index (χ2v) is 8.43. The first-order valence-corrected chi connectivity index (χ1v) is 9.61. The maximum atomic E-state index is 10.6. The van der Waals surface area contributed by atoms with Crippen LogP contribution in [-0.2, 0) is 4.57 Å². The summed E-state index contributed by atoms with van der Waals surface area (Å²) in [7, 11) is 0. The van der Waals surface area contributed by atoms with Crippen LogP contribution in [-0.4, -0.2) is 28.5 Å². The molecule has 9 heteroatoms. The number of hydrogen-bond acceptors (Lipinski definition) is 4. The van der Waals surface area contributed by atoms with Gasteiger partial charge in [0.1, 0.15) is 5.84 Å². The van der Waals surface area contributed by atoms with Gasteiger partial charge in [-0.2, -0.15) is 0 Å². The van der Waals surface area contributed by atoms with E-state index in [1.807, 2.05) is 0 Å². The van der Waals surface area contributed by atoms with Crippen molar-refractivity contribution in [2.45, 2.75) is 44.9 Å². The Balaban J connectivity index is 0. The van der Waals surface area contributed by atoms with Crippen molar-refractivity contribution in [3.8, 4) is 0 Å². The van der Waals surface area contributed by atoms with Crippen LogP contribution in [0.1, 0.15) is 44.9 Å². The van der Waals surface area contributed by atoms with E-state index >= 15 is 0 Å². The third kappa shape index (κ3) is 12.7. The van der Waals surface area contributed by atoms with Crippen LogP contribution >= 0.6 is 18.2 Å². The normalized spacial score (nSPS) is 20.8. The van der Waals surface area contributed by atoms with Crippen LogP contribution in [0, 0.1) is 5.92 Å². The van der Waals surface area contributed by atoms with Gasteiger partial charge < -0.3 is 21.0 Å². The summed E-state index contributed by atoms with van der Waals surface area (Å²) in [5, 5.41) is 0. The van der Waals surface area contributed by atoms with Crippen LogP contribution < -0.4 is 40.2 Å². The fourth-order valence-electron chi connectivity index (χ4n) is 2.16. The van der Waals surface area contributed by atoms with Gasteiger partial charge in [-0.25, -0.2) is 0 Å². The molecule has 0 heterocycles. The van der Waals surface area contributed by atoms with Crippen molar-refractivity contribution in [2.75, 3.05) is 12.3 Å². The van der Waals surface area contributed by atoms with Crippen molar-refractivity contribution in [1.29, 1.82) is 0 Å². The molecule has 1 aliphatic rings. The largest absolute Gasteiger partial charge is 1.00 e. The van der Waals surface area contributed by atoms with E-state index in [-0.39, 0.29) is 40.8 Å². The van der Waals surface area contributed by atoms with Crippen LogP contribution in [0.15, 0.2) is 4.99 Å². The first kappa shape index (κ1) is 23.2. The van der Waals surface area contributed by atoms with E-state index in [9.17, 15) is 9.46 Å². The quantitative estimate of drug-likeness (QED) is 0.262. The molecule has 0 radical (unpaired) electrons. The van der Waals surface area contributed by atoms with Crippen molar-refractivity contribution in [1.82, 2.24) is 0 Å². The van der Waals surface area contributed by atoms with Gasteiger partial charge in [0.25, 0.3) is 0 Å². The number of amidine groups is 1. The predicted octanol–water partition coefficient (Wildman–Crippen LogP) is -1.92. The predicted molar refractivity (Wildman–Crippen MR) is 78.2 cm³/mol. The van der Waals surface area contributed by atoms with Crippen LogP contribution in [0.2, 0.25) is 0 Å². The molecule has 0 aliphatic heterocycles. The van der Waals surface area contributed by atoms with Gasteiger partial charge in [0.05, 0.1) is 5.75 Å². The Morgan fingerprint density at radius 3 is 2.30 bits per heavy atom. The molecule has 1 fully saturated rings. The third-order valence-electron chi connectivity index (χ3n) is 3.15. The Hall–Kier alpha value is 0.930. The minimum atomic E-state index is -4.28. The summed E-state index contributed by atoms with van der Waals surface area (Å²) in [4.78, 5) is 23.4. The summed E-state index contributed by atoms with van der Waals surface area (Å²) in [6.45, 7) is -3.60. The maximum absolute atomic E-state index is 10.6. The summed E-state index contributed by atoms with van der Waals surface area (Å²) in [5.74, 6) is 0.915. The van der Waals surface area contributed by atoms with Gasteiger partial charge in [-0.3, -0.25) is 9.56 Å². The molecule has 5 N–H and O–H groups in total. The van der Waals surface area contributed by atoms with E-state index in [0.717, 1.165) is 0 Å². The van der Waals surface area contributed by atoms with Crippen LogP contribution in [0.25, 0.3) is 0 Å². The molecule has 0 aromatic carbocycles. The van der Waals surface area contributed by atoms with E-state index in [0.29, 0.717) is 29.7 Å². The molecule has 1 rings (SSSR count). The Kier molecular flexibility index (Phi) is 14.5. The van der Waals surface area contributed by atoms with Gasteiger partial charge in [0.2, 0.25) is 0 Å². The van der Waals surface area contributed by atoms with Crippen molar-refractivity contribution in [2.24, 2.45) is 16.6 Å². The van der Waals surface area contributed by atoms with E-state index in [1.54, 1.807) is 0 Å². The van der Waals surface area contributed by atoms with E-state index in [4.69, 9.17) is 10.6 Å². The van der Waals surface area contributed by atoms with E-state index < -0.39 is 6.80 Å². The Morgan fingerprint density at radius 1 is 1.30 bits per heavy atom. The van der Waals surface area contributed by atoms with E-state index in [1.165, 1.54) is 44.9 Å². The first-order valence-electron chi connectivity index (χ1n) is 6.44. The zero-order valence-electron chi connectivity index (χ0n) is 12.1. The number of hydrogen-bond donors (Lipinski definition) is 2. The summed E-state index contributed by atoms with van der Waals surface area (Å²) in [6, 6.07) is 0.